The first-order chi connectivity index (χ1) is 3.00. The molecule has 0 bridgehead atoms. The van der Waals surface area contributed by atoms with Gasteiger partial charge in [-0.15, -0.1) is 0 Å². The minimum absolute atomic E-state index is 0. The molecule has 0 saturated heterocycles. The van der Waals surface area contributed by atoms with E-state index in [-0.39, 0.29) is 29.8 Å². The molecule has 0 fully saturated rings. The van der Waals surface area contributed by atoms with Gasteiger partial charge in [-0.3, -0.25) is 0 Å². The first-order valence-electron chi connectivity index (χ1n) is 1.70. The average Bonchev–Trinajstić information content (AvgIpc) is 1.72. The van der Waals surface area contributed by atoms with Crippen LogP contribution in [0.1, 0.15) is 7.43 Å². The molecule has 3 heteroatoms. The third-order valence-electron chi connectivity index (χ3n) is 0.478. The molecule has 1 heterocycles. The molecule has 0 aliphatic carbocycles. The molecule has 0 aromatic carbocycles. The van der Waals surface area contributed by atoms with Crippen LogP contribution in [0.15, 0.2) is 24.8 Å². The zero-order chi connectivity index (χ0) is 4.24. The zero-order valence-corrected chi connectivity index (χ0v) is 4.99. The summed E-state index contributed by atoms with van der Waals surface area (Å²) in [5, 5.41) is 0. The van der Waals surface area contributed by atoms with Crippen LogP contribution in [0.3, 0.4) is 0 Å². The van der Waals surface area contributed by atoms with Crippen LogP contribution in [0.5, 0.6) is 0 Å². The summed E-state index contributed by atoms with van der Waals surface area (Å²) in [6.07, 6.45) is 4.88. The molecule has 0 amide bonds. The predicted molar refractivity (Wildman–Crippen MR) is 28.8 cm³/mol. The normalized spacial score (nSPS) is 6.00. The molecule has 0 unspecified atom stereocenters. The van der Waals surface area contributed by atoms with Gasteiger partial charge in [-0.1, -0.05) is 7.43 Å². The van der Waals surface area contributed by atoms with Gasteiger partial charge in [0.05, 0.1) is 0 Å². The minimum Gasteiger partial charge on any atom is -0.245 e. The zero-order valence-electron chi connectivity index (χ0n) is 3.51. The number of hydrogen-bond acceptors (Lipinski definition) is 2. The van der Waals surface area contributed by atoms with Crippen molar-refractivity contribution in [3.8, 4) is 0 Å². The van der Waals surface area contributed by atoms with E-state index in [0.717, 1.165) is 0 Å². The van der Waals surface area contributed by atoms with Crippen LogP contribution in [-0.2, 0) is 22.4 Å². The smallest absolute Gasteiger partial charge is 0.115 e. The summed E-state index contributed by atoms with van der Waals surface area (Å²) in [6.45, 7) is 0. The fourth-order valence-corrected chi connectivity index (χ4v) is 0.253. The molecule has 1 aromatic rings. The van der Waals surface area contributed by atoms with E-state index in [1.54, 1.807) is 18.5 Å². The monoisotopic (exact) mass is 203 g/mol. The Bertz CT molecular complexity index is 82.4. The molecule has 1 rings (SSSR count). The van der Waals surface area contributed by atoms with Gasteiger partial charge in [0.2, 0.25) is 0 Å². The van der Waals surface area contributed by atoms with Gasteiger partial charge in [-0.2, -0.15) is 0 Å². The first-order valence-corrected chi connectivity index (χ1v) is 1.70. The van der Waals surface area contributed by atoms with Crippen LogP contribution >= 0.6 is 0 Å². The van der Waals surface area contributed by atoms with Gasteiger partial charge in [-0.25, -0.2) is 9.97 Å². The summed E-state index contributed by atoms with van der Waals surface area (Å²) in [6, 6.07) is 1.78. The molecule has 1 aromatic heterocycles. The van der Waals surface area contributed by atoms with Gasteiger partial charge < -0.3 is 0 Å². The summed E-state index contributed by atoms with van der Waals surface area (Å²) in [7, 11) is 0. The standard InChI is InChI=1S/C4H4N2.CH4.Ag/c1-2-5-4-6-3-1;;/h1-4H;1H4;. The number of rotatable bonds is 0. The summed E-state index contributed by atoms with van der Waals surface area (Å²) >= 11 is 0. The molecule has 2 nitrogen and oxygen atoms in total. The maximum absolute atomic E-state index is 3.67. The molecule has 0 aliphatic rings. The van der Waals surface area contributed by atoms with Crippen molar-refractivity contribution in [1.29, 1.82) is 0 Å². The van der Waals surface area contributed by atoms with Crippen molar-refractivity contribution >= 4 is 0 Å². The third kappa shape index (κ3) is 3.99. The maximum atomic E-state index is 3.67. The van der Waals surface area contributed by atoms with E-state index in [2.05, 4.69) is 9.97 Å². The van der Waals surface area contributed by atoms with Crippen LogP contribution in [0.2, 0.25) is 0 Å². The Morgan fingerprint density at radius 1 is 1.00 bits per heavy atom. The van der Waals surface area contributed by atoms with Crippen molar-refractivity contribution in [2.24, 2.45) is 0 Å². The first kappa shape index (κ1) is 10.7. The molecular formula is C5H8AgN2. The fourth-order valence-electron chi connectivity index (χ4n) is 0.253. The second-order valence-corrected chi connectivity index (χ2v) is 0.904. The number of nitrogens with zero attached hydrogens (tertiary/aromatic N) is 2. The fraction of sp³-hybridized carbons (Fsp3) is 0.200. The Labute approximate surface area is 64.9 Å². The molecular weight excluding hydrogens is 196 g/mol. The van der Waals surface area contributed by atoms with E-state index in [1.807, 2.05) is 0 Å². The molecule has 49 valence electrons. The molecule has 8 heavy (non-hydrogen) atoms. The minimum atomic E-state index is 0. The van der Waals surface area contributed by atoms with Crippen LogP contribution in [0.25, 0.3) is 0 Å². The quantitative estimate of drug-likeness (QED) is 0.591. The van der Waals surface area contributed by atoms with E-state index >= 15 is 0 Å². The second-order valence-electron chi connectivity index (χ2n) is 0.904. The molecule has 1 radical (unpaired) electrons. The van der Waals surface area contributed by atoms with E-state index in [0.29, 0.717) is 0 Å². The van der Waals surface area contributed by atoms with Gasteiger partial charge in [0.1, 0.15) is 6.33 Å². The Hall–Kier alpha value is -0.180. The largest absolute Gasteiger partial charge is 0.245 e. The van der Waals surface area contributed by atoms with Crippen LogP contribution < -0.4 is 0 Å². The molecule has 0 spiro atoms. The van der Waals surface area contributed by atoms with Crippen molar-refractivity contribution in [1.82, 2.24) is 9.97 Å². The average molecular weight is 204 g/mol. The van der Waals surface area contributed by atoms with Crippen molar-refractivity contribution in [2.75, 3.05) is 0 Å². The van der Waals surface area contributed by atoms with Crippen molar-refractivity contribution in [2.45, 2.75) is 7.43 Å². The summed E-state index contributed by atoms with van der Waals surface area (Å²) in [4.78, 5) is 7.35. The number of aromatic nitrogens is 2. The Kier molecular flexibility index (Phi) is 9.15. The van der Waals surface area contributed by atoms with E-state index in [4.69, 9.17) is 0 Å². The van der Waals surface area contributed by atoms with E-state index < -0.39 is 0 Å². The van der Waals surface area contributed by atoms with E-state index in [1.165, 1.54) is 6.33 Å². The van der Waals surface area contributed by atoms with Crippen molar-refractivity contribution in [3.63, 3.8) is 0 Å². The Morgan fingerprint density at radius 3 is 1.62 bits per heavy atom. The Morgan fingerprint density at radius 2 is 1.50 bits per heavy atom. The molecule has 0 atom stereocenters. The summed E-state index contributed by atoms with van der Waals surface area (Å²) < 4.78 is 0. The molecule has 0 aliphatic heterocycles. The summed E-state index contributed by atoms with van der Waals surface area (Å²) in [5.74, 6) is 0. The van der Waals surface area contributed by atoms with Crippen LogP contribution in [-0.4, -0.2) is 9.97 Å². The van der Waals surface area contributed by atoms with Crippen molar-refractivity contribution < 1.29 is 22.4 Å². The Balaban J connectivity index is 0. The topological polar surface area (TPSA) is 25.8 Å². The van der Waals surface area contributed by atoms with Crippen LogP contribution in [0.4, 0.5) is 0 Å². The van der Waals surface area contributed by atoms with Gasteiger partial charge in [0.25, 0.3) is 0 Å². The van der Waals surface area contributed by atoms with Gasteiger partial charge in [-0.05, 0) is 6.07 Å². The molecule has 0 N–H and O–H groups in total. The second kappa shape index (κ2) is 6.82. The van der Waals surface area contributed by atoms with Crippen molar-refractivity contribution in [3.05, 3.63) is 24.8 Å². The summed E-state index contributed by atoms with van der Waals surface area (Å²) in [5.41, 5.74) is 0. The number of hydrogen-bond donors (Lipinski definition) is 0. The van der Waals surface area contributed by atoms with Crippen LogP contribution in [0, 0.1) is 0 Å². The maximum Gasteiger partial charge on any atom is 0.115 e. The van der Waals surface area contributed by atoms with Gasteiger partial charge in [0.15, 0.2) is 0 Å². The predicted octanol–water partition coefficient (Wildman–Crippen LogP) is 1.11. The van der Waals surface area contributed by atoms with Gasteiger partial charge >= 0.3 is 0 Å². The van der Waals surface area contributed by atoms with Gasteiger partial charge in [0, 0.05) is 34.8 Å². The SMILES string of the molecule is C.[Ag].c1cncnc1. The third-order valence-corrected chi connectivity index (χ3v) is 0.478. The molecule has 0 saturated carbocycles. The van der Waals surface area contributed by atoms with E-state index in [9.17, 15) is 0 Å².